The van der Waals surface area contributed by atoms with Crippen LogP contribution in [0.2, 0.25) is 0 Å². The smallest absolute Gasteiger partial charge is 0.545 e. The average Bonchev–Trinajstić information content (AvgIpc) is 3.61. The second kappa shape index (κ2) is 13.5. The molecule has 3 heterocycles. The number of carbonyl (C=O) groups excluding carboxylic acids is 1. The number of hydrogen-bond acceptors (Lipinski definition) is 5. The minimum Gasteiger partial charge on any atom is -0.545 e. The van der Waals surface area contributed by atoms with Crippen LogP contribution in [0.3, 0.4) is 0 Å². The van der Waals surface area contributed by atoms with Gasteiger partial charge in [0.25, 0.3) is 0 Å². The second-order valence-electron chi connectivity index (χ2n) is 14.0. The number of aromatic nitrogens is 1. The molecule has 4 aromatic rings. The highest BCUT2D eigenvalue weighted by Gasteiger charge is 2.29. The summed E-state index contributed by atoms with van der Waals surface area (Å²) in [4.78, 5) is 19.5. The van der Waals surface area contributed by atoms with Crippen LogP contribution in [0, 0.1) is 13.8 Å². The number of aliphatic imine (C=N–C) groups is 1. The maximum absolute atomic E-state index is 14.5. The highest BCUT2D eigenvalue weighted by Crippen LogP contribution is 2.44. The lowest BCUT2D eigenvalue weighted by atomic mass is 9.88. The number of allylic oxidation sites excluding steroid dienone is 2. The Morgan fingerprint density at radius 1 is 0.868 bits per heavy atom. The molecule has 1 aromatic heterocycles. The number of hydrogen-bond donors (Lipinski definition) is 0. The summed E-state index contributed by atoms with van der Waals surface area (Å²) in [6.45, 7) is 7.36. The predicted molar refractivity (Wildman–Crippen MR) is 210 cm³/mol. The predicted octanol–water partition coefficient (Wildman–Crippen LogP) is 7.70. The topological polar surface area (TPSA) is 76.8 Å². The maximum Gasteiger partial charge on any atom is 0.677 e. The van der Waals surface area contributed by atoms with Gasteiger partial charge in [0.05, 0.1) is 17.7 Å². The van der Waals surface area contributed by atoms with Crippen molar-refractivity contribution in [1.82, 2.24) is 9.05 Å². The molecule has 3 aliphatic rings. The first-order valence-corrected chi connectivity index (χ1v) is 17.3. The van der Waals surface area contributed by atoms with Gasteiger partial charge >= 0.3 is 7.40 Å². The first-order chi connectivity index (χ1) is 25.2. The molecule has 0 atom stereocenters. The summed E-state index contributed by atoms with van der Waals surface area (Å²) in [6, 6.07) is 26.5. The quantitative estimate of drug-likeness (QED) is 0.0968. The molecular formula is C43H39BF2N4O3. The maximum atomic E-state index is 14.5. The molecule has 3 aromatic carbocycles. The fourth-order valence-electron chi connectivity index (χ4n) is 7.36. The zero-order chi connectivity index (χ0) is 37.9. The Kier molecular flexibility index (Phi) is 9.02. The summed E-state index contributed by atoms with van der Waals surface area (Å²) in [7, 11) is 5.08. The van der Waals surface area contributed by atoms with Crippen LogP contribution in [0.15, 0.2) is 112 Å². The number of aromatic carboxylic acids is 1. The molecule has 0 N–H and O–H groups in total. The summed E-state index contributed by atoms with van der Waals surface area (Å²) in [5, 5.41) is 14.4. The fourth-order valence-corrected chi connectivity index (χ4v) is 7.36. The molecule has 0 spiro atoms. The minimum atomic E-state index is -2.73. The molecule has 0 radical (unpaired) electrons. The summed E-state index contributed by atoms with van der Waals surface area (Å²) in [6.07, 6.45) is 1.95. The third kappa shape index (κ3) is 6.28. The van der Waals surface area contributed by atoms with Crippen molar-refractivity contribution in [1.29, 1.82) is 0 Å². The van der Waals surface area contributed by atoms with E-state index >= 15 is 0 Å². The Labute approximate surface area is 307 Å². The van der Waals surface area contributed by atoms with Gasteiger partial charge in [0.15, 0.2) is 0 Å². The molecule has 1 aliphatic carbocycles. The van der Waals surface area contributed by atoms with Crippen molar-refractivity contribution in [2.75, 3.05) is 33.1 Å². The van der Waals surface area contributed by atoms with Crippen LogP contribution < -0.4 is 19.9 Å². The van der Waals surface area contributed by atoms with E-state index in [4.69, 9.17) is 9.41 Å². The molecule has 0 saturated carbocycles. The van der Waals surface area contributed by atoms with Gasteiger partial charge in [0, 0.05) is 76.7 Å². The van der Waals surface area contributed by atoms with Crippen LogP contribution in [0.4, 0.5) is 14.3 Å². The molecule has 0 saturated heterocycles. The van der Waals surface area contributed by atoms with Gasteiger partial charge in [-0.05, 0) is 97.5 Å². The summed E-state index contributed by atoms with van der Waals surface area (Å²) >= 11 is 0. The molecule has 266 valence electrons. The highest BCUT2D eigenvalue weighted by molar-refractivity contribution is 6.41. The molecule has 7 nitrogen and oxygen atoms in total. The van der Waals surface area contributed by atoms with Gasteiger partial charge in [0.2, 0.25) is 5.36 Å². The van der Waals surface area contributed by atoms with Crippen molar-refractivity contribution in [3.8, 4) is 33.6 Å². The fraction of sp³-hybridized carbons (Fsp3) is 0.186. The van der Waals surface area contributed by atoms with Crippen molar-refractivity contribution in [2.24, 2.45) is 4.99 Å². The Bertz CT molecular complexity index is 2610. The lowest BCUT2D eigenvalue weighted by Gasteiger charge is -2.21. The molecule has 10 heteroatoms. The normalized spacial score (nSPS) is 13.7. The molecule has 0 fully saturated rings. The number of carboxylic acid groups (broad SMARTS) is 1. The Morgan fingerprint density at radius 2 is 1.58 bits per heavy atom. The van der Waals surface area contributed by atoms with Gasteiger partial charge in [0.1, 0.15) is 25.4 Å². The Morgan fingerprint density at radius 3 is 2.21 bits per heavy atom. The molecule has 2 aliphatic heterocycles. The second-order valence-corrected chi connectivity index (χ2v) is 14.0. The molecule has 0 bridgehead atoms. The first-order valence-electron chi connectivity index (χ1n) is 17.3. The number of rotatable bonds is 7. The number of fused-ring (bicyclic) bond motifs is 2. The van der Waals surface area contributed by atoms with Crippen molar-refractivity contribution in [3.05, 3.63) is 136 Å². The summed E-state index contributed by atoms with van der Waals surface area (Å²) < 4.78 is 38.6. The van der Waals surface area contributed by atoms with Crippen LogP contribution in [0.1, 0.15) is 46.7 Å². The van der Waals surface area contributed by atoms with Crippen molar-refractivity contribution in [3.63, 3.8) is 0 Å². The lowest BCUT2D eigenvalue weighted by molar-refractivity contribution is -0.254. The molecule has 0 unspecified atom stereocenters. The molecule has 7 rings (SSSR count). The largest absolute Gasteiger partial charge is 0.677 e. The van der Waals surface area contributed by atoms with E-state index in [0.29, 0.717) is 39.6 Å². The molecular weight excluding hydrogens is 669 g/mol. The number of aryl methyl sites for hydroxylation is 2. The van der Waals surface area contributed by atoms with Crippen molar-refractivity contribution < 1.29 is 22.9 Å². The summed E-state index contributed by atoms with van der Waals surface area (Å²) in [5.41, 5.74) is 10.5. The van der Waals surface area contributed by atoms with Crippen LogP contribution in [0.5, 0.6) is 0 Å². The number of benzene rings is 4. The Hall–Kier alpha value is -6.03. The third-order valence-electron chi connectivity index (χ3n) is 9.91. The summed E-state index contributed by atoms with van der Waals surface area (Å²) in [5.74, 6) is -0.680. The van der Waals surface area contributed by atoms with Gasteiger partial charge in [-0.2, -0.15) is 0 Å². The zero-order valence-electron chi connectivity index (χ0n) is 31.0. The highest BCUT2D eigenvalue weighted by atomic mass is 19.2. The number of carbonyl (C=O) groups is 1. The van der Waals surface area contributed by atoms with E-state index < -0.39 is 13.4 Å². The Balaban J connectivity index is 1.43. The molecule has 53 heavy (non-hydrogen) atoms. The standard InChI is InChI=1S/C43H39BF2N4O3/c1-24-19-26(3)47-41(24)39(42-25(2)20-27(4)50(42)44(45)46)29-11-9-28(10-12-29)30-13-16-33(43(51)52)36(21-30)40-34-17-14-31(48(5)6)22-37(34)53-38-23-32(49(7)8)15-18-35(38)40/h9-23H,1-8H3/b41-39-. The third-order valence-corrected chi connectivity index (χ3v) is 9.91. The minimum absolute atomic E-state index is 0.0508. The van der Waals surface area contributed by atoms with E-state index in [1.165, 1.54) is 0 Å². The van der Waals surface area contributed by atoms with Gasteiger partial charge < -0.3 is 23.7 Å². The molecule has 0 amide bonds. The van der Waals surface area contributed by atoms with Crippen LogP contribution in [-0.2, 0) is 0 Å². The van der Waals surface area contributed by atoms with Gasteiger partial charge in [-0.3, -0.25) is 13.6 Å². The van der Waals surface area contributed by atoms with E-state index in [1.807, 2.05) is 131 Å². The van der Waals surface area contributed by atoms with E-state index in [0.717, 1.165) is 65.6 Å². The van der Waals surface area contributed by atoms with E-state index in [2.05, 4.69) is 0 Å². The van der Waals surface area contributed by atoms with Crippen molar-refractivity contribution in [2.45, 2.75) is 27.7 Å². The SMILES string of the molecule is CC1=CC(C)=N/C1=C(/c1ccc(-c2ccc(C(=O)[O-])c(-c3c4ccc(=[N+](C)C)cc-4oc4cc(N(C)C)ccc34)c2)cc1)c1c(C)cc(C)n1B(F)F. The van der Waals surface area contributed by atoms with Gasteiger partial charge in [-0.1, -0.05) is 36.4 Å². The van der Waals surface area contributed by atoms with Gasteiger partial charge in [-0.25, -0.2) is 4.58 Å². The number of nitrogens with zero attached hydrogens (tertiary/aromatic N) is 4. The monoisotopic (exact) mass is 708 g/mol. The van der Waals surface area contributed by atoms with Crippen LogP contribution in [0.25, 0.3) is 50.1 Å². The van der Waals surface area contributed by atoms with Gasteiger partial charge in [-0.15, -0.1) is 0 Å². The van der Waals surface area contributed by atoms with E-state index in [9.17, 15) is 18.5 Å². The average molecular weight is 709 g/mol. The first kappa shape index (κ1) is 35.4. The number of anilines is 1. The number of carboxylic acids is 1. The van der Waals surface area contributed by atoms with E-state index in [1.54, 1.807) is 25.1 Å². The van der Waals surface area contributed by atoms with Crippen molar-refractivity contribution >= 4 is 41.3 Å². The van der Waals surface area contributed by atoms with E-state index in [-0.39, 0.29) is 5.56 Å². The van der Waals surface area contributed by atoms with Crippen LogP contribution >= 0.6 is 0 Å². The lowest BCUT2D eigenvalue weighted by Crippen LogP contribution is -2.23. The zero-order valence-corrected chi connectivity index (χ0v) is 31.0. The number of halogens is 2. The van der Waals surface area contributed by atoms with Crippen LogP contribution in [-0.4, -0.2) is 51.8 Å².